The molecule has 1 spiro atoms. The highest BCUT2D eigenvalue weighted by atomic mass is 16.5. The lowest BCUT2D eigenvalue weighted by Gasteiger charge is -2.43. The first-order valence-electron chi connectivity index (χ1n) is 8.92. The lowest BCUT2D eigenvalue weighted by atomic mass is 9.84. The van der Waals surface area contributed by atoms with Crippen molar-refractivity contribution < 1.29 is 19.1 Å². The number of ether oxygens (including phenoxy) is 2. The molecule has 0 radical (unpaired) electrons. The molecule has 25 heavy (non-hydrogen) atoms. The van der Waals surface area contributed by atoms with Gasteiger partial charge in [-0.15, -0.1) is 0 Å². The van der Waals surface area contributed by atoms with Gasteiger partial charge in [-0.25, -0.2) is 0 Å². The van der Waals surface area contributed by atoms with Gasteiger partial charge in [-0.2, -0.15) is 5.10 Å². The van der Waals surface area contributed by atoms with Crippen molar-refractivity contribution in [1.82, 2.24) is 20.0 Å². The number of amides is 2. The van der Waals surface area contributed by atoms with Crippen LogP contribution < -0.4 is 5.32 Å². The van der Waals surface area contributed by atoms with Crippen LogP contribution in [0.25, 0.3) is 0 Å². The summed E-state index contributed by atoms with van der Waals surface area (Å²) in [6.45, 7) is 3.30. The van der Waals surface area contributed by atoms with Crippen molar-refractivity contribution in [2.75, 3.05) is 33.4 Å². The van der Waals surface area contributed by atoms with Crippen LogP contribution in [0.4, 0.5) is 0 Å². The van der Waals surface area contributed by atoms with Crippen molar-refractivity contribution in [2.24, 2.45) is 0 Å². The van der Waals surface area contributed by atoms with E-state index < -0.39 is 0 Å². The van der Waals surface area contributed by atoms with Gasteiger partial charge in [0, 0.05) is 45.5 Å². The molecule has 1 aromatic rings. The predicted molar refractivity (Wildman–Crippen MR) is 88.4 cm³/mol. The van der Waals surface area contributed by atoms with Crippen molar-refractivity contribution in [3.8, 4) is 0 Å². The Balaban J connectivity index is 1.44. The number of likely N-dealkylation sites (N-methyl/N-ethyl adjacent to an activating group) is 1. The summed E-state index contributed by atoms with van der Waals surface area (Å²) < 4.78 is 13.1. The monoisotopic (exact) mass is 348 g/mol. The second-order valence-electron chi connectivity index (χ2n) is 7.17. The number of hydrogen-bond acceptors (Lipinski definition) is 5. The van der Waals surface area contributed by atoms with Gasteiger partial charge < -0.3 is 19.7 Å². The molecule has 2 amide bonds. The molecule has 0 aromatic carbocycles. The fraction of sp³-hybridized carbons (Fsp3) is 0.706. The zero-order valence-electron chi connectivity index (χ0n) is 14.5. The Bertz CT molecular complexity index is 675. The Labute approximate surface area is 146 Å². The third-order valence-electron chi connectivity index (χ3n) is 5.46. The second kappa shape index (κ2) is 6.42. The lowest BCUT2D eigenvalue weighted by Crippen LogP contribution is -2.51. The van der Waals surface area contributed by atoms with Crippen LogP contribution in [0, 0.1) is 0 Å². The third kappa shape index (κ3) is 3.16. The molecule has 4 rings (SSSR count). The number of carbonyl (C=O) groups is 2. The van der Waals surface area contributed by atoms with Gasteiger partial charge in [-0.1, -0.05) is 0 Å². The Morgan fingerprint density at radius 2 is 2.12 bits per heavy atom. The SMILES string of the molecule is CN1CCn2nc(C(=O)NC3CCOC4(CCOCC4)C3)cc2C1=O. The number of nitrogens with one attached hydrogen (secondary N) is 1. The molecular formula is C17H24N4O4. The van der Waals surface area contributed by atoms with E-state index in [0.717, 1.165) is 25.7 Å². The minimum absolute atomic E-state index is 0.0662. The second-order valence-corrected chi connectivity index (χ2v) is 7.17. The summed E-state index contributed by atoms with van der Waals surface area (Å²) in [5.74, 6) is -0.309. The van der Waals surface area contributed by atoms with Crippen LogP contribution in [0.1, 0.15) is 46.7 Å². The number of carbonyl (C=O) groups excluding carboxylic acids is 2. The zero-order valence-corrected chi connectivity index (χ0v) is 14.5. The number of aromatic nitrogens is 2. The van der Waals surface area contributed by atoms with Crippen LogP contribution in [0.3, 0.4) is 0 Å². The van der Waals surface area contributed by atoms with Crippen LogP contribution >= 0.6 is 0 Å². The molecule has 2 saturated heterocycles. The van der Waals surface area contributed by atoms with Gasteiger partial charge in [0.1, 0.15) is 5.69 Å². The quantitative estimate of drug-likeness (QED) is 0.838. The van der Waals surface area contributed by atoms with Crippen LogP contribution in [-0.2, 0) is 16.0 Å². The van der Waals surface area contributed by atoms with E-state index in [-0.39, 0.29) is 23.5 Å². The molecule has 136 valence electrons. The maximum Gasteiger partial charge on any atom is 0.272 e. The van der Waals surface area contributed by atoms with Gasteiger partial charge in [0.25, 0.3) is 11.8 Å². The van der Waals surface area contributed by atoms with E-state index in [1.165, 1.54) is 0 Å². The molecule has 0 bridgehead atoms. The van der Waals surface area contributed by atoms with Crippen LogP contribution in [0.2, 0.25) is 0 Å². The van der Waals surface area contributed by atoms with Gasteiger partial charge in [0.2, 0.25) is 0 Å². The molecule has 1 N–H and O–H groups in total. The molecule has 3 aliphatic rings. The summed E-state index contributed by atoms with van der Waals surface area (Å²) in [5.41, 5.74) is 0.624. The van der Waals surface area contributed by atoms with Crippen molar-refractivity contribution in [3.63, 3.8) is 0 Å². The maximum atomic E-state index is 12.6. The van der Waals surface area contributed by atoms with Crippen molar-refractivity contribution in [1.29, 1.82) is 0 Å². The van der Waals surface area contributed by atoms with Crippen molar-refractivity contribution in [2.45, 2.75) is 43.9 Å². The summed E-state index contributed by atoms with van der Waals surface area (Å²) in [6.07, 6.45) is 3.35. The molecule has 0 aliphatic carbocycles. The molecule has 4 heterocycles. The Morgan fingerprint density at radius 1 is 1.32 bits per heavy atom. The largest absolute Gasteiger partial charge is 0.381 e. The maximum absolute atomic E-state index is 12.6. The van der Waals surface area contributed by atoms with Crippen LogP contribution in [0.15, 0.2) is 6.07 Å². The number of hydrogen-bond donors (Lipinski definition) is 1. The molecule has 0 saturated carbocycles. The first-order chi connectivity index (χ1) is 12.1. The fourth-order valence-corrected chi connectivity index (χ4v) is 3.91. The van der Waals surface area contributed by atoms with Crippen molar-refractivity contribution >= 4 is 11.8 Å². The average Bonchev–Trinajstić information content (AvgIpc) is 3.04. The Hall–Kier alpha value is -1.93. The van der Waals surface area contributed by atoms with Gasteiger partial charge in [-0.05, 0) is 25.7 Å². The van der Waals surface area contributed by atoms with Gasteiger partial charge in [0.05, 0.1) is 12.1 Å². The van der Waals surface area contributed by atoms with E-state index in [1.54, 1.807) is 22.7 Å². The van der Waals surface area contributed by atoms with E-state index in [1.807, 2.05) is 0 Å². The summed E-state index contributed by atoms with van der Waals surface area (Å²) in [5, 5.41) is 7.39. The lowest BCUT2D eigenvalue weighted by molar-refractivity contribution is -0.139. The summed E-state index contributed by atoms with van der Waals surface area (Å²) in [4.78, 5) is 26.4. The average molecular weight is 348 g/mol. The highest BCUT2D eigenvalue weighted by Gasteiger charge is 2.39. The topological polar surface area (TPSA) is 85.7 Å². The summed E-state index contributed by atoms with van der Waals surface area (Å²) in [6, 6.07) is 1.66. The molecule has 8 nitrogen and oxygen atoms in total. The van der Waals surface area contributed by atoms with Gasteiger partial charge >= 0.3 is 0 Å². The van der Waals surface area contributed by atoms with Crippen LogP contribution in [-0.4, -0.2) is 71.6 Å². The minimum Gasteiger partial charge on any atom is -0.381 e. The van der Waals surface area contributed by atoms with E-state index >= 15 is 0 Å². The molecular weight excluding hydrogens is 324 g/mol. The summed E-state index contributed by atoms with van der Waals surface area (Å²) in [7, 11) is 1.76. The van der Waals surface area contributed by atoms with E-state index in [9.17, 15) is 9.59 Å². The molecule has 1 atom stereocenters. The number of fused-ring (bicyclic) bond motifs is 1. The molecule has 8 heteroatoms. The van der Waals surface area contributed by atoms with Crippen molar-refractivity contribution in [3.05, 3.63) is 17.5 Å². The third-order valence-corrected chi connectivity index (χ3v) is 5.46. The van der Waals surface area contributed by atoms with E-state index in [2.05, 4.69) is 10.4 Å². The molecule has 1 aromatic heterocycles. The van der Waals surface area contributed by atoms with Crippen LogP contribution in [0.5, 0.6) is 0 Å². The highest BCUT2D eigenvalue weighted by molar-refractivity contribution is 5.98. The van der Waals surface area contributed by atoms with E-state index in [0.29, 0.717) is 44.3 Å². The molecule has 3 aliphatic heterocycles. The smallest absolute Gasteiger partial charge is 0.272 e. The minimum atomic E-state index is -0.216. The van der Waals surface area contributed by atoms with E-state index in [4.69, 9.17) is 9.47 Å². The molecule has 2 fully saturated rings. The number of rotatable bonds is 2. The zero-order chi connectivity index (χ0) is 17.4. The fourth-order valence-electron chi connectivity index (χ4n) is 3.91. The number of nitrogens with zero attached hydrogens (tertiary/aromatic N) is 3. The van der Waals surface area contributed by atoms with Gasteiger partial charge in [0.15, 0.2) is 5.69 Å². The Kier molecular flexibility index (Phi) is 4.24. The normalized spacial score (nSPS) is 25.7. The first kappa shape index (κ1) is 16.5. The first-order valence-corrected chi connectivity index (χ1v) is 8.92. The standard InChI is InChI=1S/C17H24N4O4/c1-20-5-6-21-14(16(20)23)10-13(19-21)15(22)18-12-2-7-25-17(11-12)3-8-24-9-4-17/h10,12H,2-9,11H2,1H3,(H,18,22). The summed E-state index contributed by atoms with van der Waals surface area (Å²) >= 11 is 0. The molecule has 1 unspecified atom stereocenters. The highest BCUT2D eigenvalue weighted by Crippen LogP contribution is 2.34. The predicted octanol–water partition coefficient (Wildman–Crippen LogP) is 0.427. The Morgan fingerprint density at radius 3 is 2.92 bits per heavy atom. The van der Waals surface area contributed by atoms with Gasteiger partial charge in [-0.3, -0.25) is 14.3 Å².